The summed E-state index contributed by atoms with van der Waals surface area (Å²) in [5.41, 5.74) is 1.73. The Labute approximate surface area is 145 Å². The van der Waals surface area contributed by atoms with E-state index in [1.165, 1.54) is 10.4 Å². The normalized spacial score (nSPS) is 10.8. The number of nitrogens with one attached hydrogen (secondary N) is 1. The van der Waals surface area contributed by atoms with Gasteiger partial charge in [0.2, 0.25) is 0 Å². The van der Waals surface area contributed by atoms with Crippen molar-refractivity contribution >= 4 is 34.7 Å². The average molecular weight is 353 g/mol. The lowest BCUT2D eigenvalue weighted by molar-refractivity contribution is 0.202. The number of carbonyl (C=O) groups excluding carboxylic acids is 1. The minimum atomic E-state index is -0.172. The Morgan fingerprint density at radius 2 is 2.13 bits per heavy atom. The van der Waals surface area contributed by atoms with Gasteiger partial charge < -0.3 is 15.1 Å². The van der Waals surface area contributed by atoms with Crippen LogP contribution in [0.1, 0.15) is 10.4 Å². The van der Waals surface area contributed by atoms with Crippen molar-refractivity contribution in [2.24, 2.45) is 0 Å². The first-order valence-corrected chi connectivity index (χ1v) is 8.57. The van der Waals surface area contributed by atoms with E-state index >= 15 is 0 Å². The molecule has 0 aliphatic heterocycles. The molecule has 0 aliphatic rings. The molecule has 0 atom stereocenters. The van der Waals surface area contributed by atoms with Crippen molar-refractivity contribution < 1.29 is 4.79 Å². The van der Waals surface area contributed by atoms with Crippen LogP contribution in [0.5, 0.6) is 0 Å². The third-order valence-corrected chi connectivity index (χ3v) is 4.72. The Bertz CT molecular complexity index is 659. The molecule has 5 nitrogen and oxygen atoms in total. The molecule has 0 saturated heterocycles. The smallest absolute Gasteiger partial charge is 0.318 e. The topological polar surface area (TPSA) is 48.5 Å². The summed E-state index contributed by atoms with van der Waals surface area (Å²) in [6.45, 7) is 4.07. The Morgan fingerprint density at radius 1 is 1.35 bits per heavy atom. The van der Waals surface area contributed by atoms with Gasteiger partial charge in [0.25, 0.3) is 0 Å². The predicted molar refractivity (Wildman–Crippen MR) is 96.3 cm³/mol. The zero-order valence-corrected chi connectivity index (χ0v) is 15.1. The van der Waals surface area contributed by atoms with Gasteiger partial charge in [-0.3, -0.25) is 0 Å². The van der Waals surface area contributed by atoms with Crippen molar-refractivity contribution in [1.29, 1.82) is 0 Å². The van der Waals surface area contributed by atoms with E-state index in [9.17, 15) is 4.79 Å². The van der Waals surface area contributed by atoms with E-state index in [4.69, 9.17) is 11.6 Å². The molecule has 2 heterocycles. The van der Waals surface area contributed by atoms with Gasteiger partial charge in [-0.15, -0.1) is 11.3 Å². The number of rotatable bonds is 6. The summed E-state index contributed by atoms with van der Waals surface area (Å²) in [5, 5.41) is 5.18. The molecule has 0 aromatic carbocycles. The van der Waals surface area contributed by atoms with Crippen LogP contribution in [0.3, 0.4) is 0 Å². The van der Waals surface area contributed by atoms with E-state index in [-0.39, 0.29) is 6.03 Å². The van der Waals surface area contributed by atoms with Gasteiger partial charge in [0.15, 0.2) is 5.15 Å². The Morgan fingerprint density at radius 3 is 2.74 bits per heavy atom. The van der Waals surface area contributed by atoms with E-state index in [0.29, 0.717) is 23.9 Å². The highest BCUT2D eigenvalue weighted by molar-refractivity contribution is 7.10. The molecule has 7 heteroatoms. The molecule has 1 N–H and O–H groups in total. The standard InChI is InChI=1S/C16H21ClN4OS/c1-12-6-10-23-14(12)11-21(9-8-20(2)3)16(22)19-13-5-4-7-18-15(13)17/h4-7,10H,8-9,11H2,1-3H3,(H,19,22). The van der Waals surface area contributed by atoms with Crippen LogP contribution < -0.4 is 5.32 Å². The van der Waals surface area contributed by atoms with Crippen LogP contribution in [-0.4, -0.2) is 48.0 Å². The van der Waals surface area contributed by atoms with Gasteiger partial charge in [-0.2, -0.15) is 0 Å². The summed E-state index contributed by atoms with van der Waals surface area (Å²) in [7, 11) is 3.98. The fourth-order valence-electron chi connectivity index (χ4n) is 1.99. The third-order valence-electron chi connectivity index (χ3n) is 3.41. The van der Waals surface area contributed by atoms with Crippen LogP contribution in [0.4, 0.5) is 10.5 Å². The first-order chi connectivity index (χ1) is 11.0. The molecule has 23 heavy (non-hydrogen) atoms. The van der Waals surface area contributed by atoms with Crippen molar-refractivity contribution in [1.82, 2.24) is 14.8 Å². The summed E-state index contributed by atoms with van der Waals surface area (Å²) < 4.78 is 0. The monoisotopic (exact) mass is 352 g/mol. The summed E-state index contributed by atoms with van der Waals surface area (Å²) in [6.07, 6.45) is 1.59. The second-order valence-electron chi connectivity index (χ2n) is 5.52. The molecule has 0 fully saturated rings. The van der Waals surface area contributed by atoms with Gasteiger partial charge >= 0.3 is 6.03 Å². The number of carbonyl (C=O) groups is 1. The lowest BCUT2D eigenvalue weighted by Crippen LogP contribution is -2.39. The van der Waals surface area contributed by atoms with Gasteiger partial charge in [0.1, 0.15) is 0 Å². The molecule has 0 aliphatic carbocycles. The average Bonchev–Trinajstić information content (AvgIpc) is 2.90. The van der Waals surface area contributed by atoms with Crippen LogP contribution in [0.25, 0.3) is 0 Å². The maximum Gasteiger partial charge on any atom is 0.322 e. The van der Waals surface area contributed by atoms with Crippen molar-refractivity contribution in [3.8, 4) is 0 Å². The Kier molecular flexibility index (Phi) is 6.38. The van der Waals surface area contributed by atoms with E-state index in [2.05, 4.69) is 28.2 Å². The van der Waals surface area contributed by atoms with Crippen molar-refractivity contribution in [2.75, 3.05) is 32.5 Å². The number of amides is 2. The molecular formula is C16H21ClN4OS. The molecule has 0 bridgehead atoms. The fraction of sp³-hybridized carbons (Fsp3) is 0.375. The highest BCUT2D eigenvalue weighted by Gasteiger charge is 2.17. The second kappa shape index (κ2) is 8.29. The Hall–Kier alpha value is -1.63. The maximum absolute atomic E-state index is 12.6. The molecule has 2 aromatic rings. The number of likely N-dealkylation sites (N-methyl/N-ethyl adjacent to an activating group) is 1. The zero-order chi connectivity index (χ0) is 16.8. The number of nitrogens with zero attached hydrogens (tertiary/aromatic N) is 3. The van der Waals surface area contributed by atoms with Crippen LogP contribution in [0, 0.1) is 6.92 Å². The zero-order valence-electron chi connectivity index (χ0n) is 13.5. The molecule has 124 valence electrons. The van der Waals surface area contributed by atoms with Gasteiger partial charge in [-0.25, -0.2) is 9.78 Å². The third kappa shape index (κ3) is 5.20. The van der Waals surface area contributed by atoms with E-state index in [1.807, 2.05) is 19.5 Å². The van der Waals surface area contributed by atoms with Crippen molar-refractivity contribution in [2.45, 2.75) is 13.5 Å². The highest BCUT2D eigenvalue weighted by atomic mass is 35.5. The van der Waals surface area contributed by atoms with Crippen molar-refractivity contribution in [3.05, 3.63) is 45.4 Å². The number of aryl methyl sites for hydroxylation is 1. The summed E-state index contributed by atoms with van der Waals surface area (Å²) >= 11 is 7.68. The maximum atomic E-state index is 12.6. The molecule has 2 rings (SSSR count). The summed E-state index contributed by atoms with van der Waals surface area (Å²) in [6, 6.07) is 5.39. The molecule has 0 spiro atoms. The number of hydrogen-bond donors (Lipinski definition) is 1. The van der Waals surface area contributed by atoms with Crippen LogP contribution in [-0.2, 0) is 6.54 Å². The van der Waals surface area contributed by atoms with Gasteiger partial charge in [0, 0.05) is 24.2 Å². The first kappa shape index (κ1) is 17.7. The van der Waals surface area contributed by atoms with Gasteiger partial charge in [-0.1, -0.05) is 11.6 Å². The number of anilines is 1. The second-order valence-corrected chi connectivity index (χ2v) is 6.88. The van der Waals surface area contributed by atoms with Gasteiger partial charge in [0.05, 0.1) is 12.2 Å². The predicted octanol–water partition coefficient (Wildman–Crippen LogP) is 3.70. The summed E-state index contributed by atoms with van der Waals surface area (Å²) in [5.74, 6) is 0. The van der Waals surface area contributed by atoms with Crippen LogP contribution >= 0.6 is 22.9 Å². The molecule has 2 amide bonds. The molecule has 0 unspecified atom stereocenters. The number of urea groups is 1. The highest BCUT2D eigenvalue weighted by Crippen LogP contribution is 2.21. The number of halogens is 1. The van der Waals surface area contributed by atoms with Crippen LogP contribution in [0.15, 0.2) is 29.8 Å². The SMILES string of the molecule is Cc1ccsc1CN(CCN(C)C)C(=O)Nc1cccnc1Cl. The minimum Gasteiger partial charge on any atom is -0.318 e. The lowest BCUT2D eigenvalue weighted by atomic mass is 10.3. The molecule has 0 saturated carbocycles. The largest absolute Gasteiger partial charge is 0.322 e. The number of hydrogen-bond acceptors (Lipinski definition) is 4. The van der Waals surface area contributed by atoms with E-state index in [0.717, 1.165) is 6.54 Å². The molecule has 0 radical (unpaired) electrons. The van der Waals surface area contributed by atoms with Crippen molar-refractivity contribution in [3.63, 3.8) is 0 Å². The number of thiophene rings is 1. The van der Waals surface area contributed by atoms with Gasteiger partial charge in [-0.05, 0) is 50.2 Å². The molecule has 2 aromatic heterocycles. The van der Waals surface area contributed by atoms with Crippen LogP contribution in [0.2, 0.25) is 5.15 Å². The molecular weight excluding hydrogens is 332 g/mol. The lowest BCUT2D eigenvalue weighted by Gasteiger charge is -2.24. The number of aromatic nitrogens is 1. The first-order valence-electron chi connectivity index (χ1n) is 7.31. The quantitative estimate of drug-likeness (QED) is 0.806. The minimum absolute atomic E-state index is 0.172. The summed E-state index contributed by atoms with van der Waals surface area (Å²) in [4.78, 5) is 21.6. The fourth-order valence-corrected chi connectivity index (χ4v) is 3.07. The van der Waals surface area contributed by atoms with E-state index < -0.39 is 0 Å². The number of pyridine rings is 1. The van der Waals surface area contributed by atoms with E-state index in [1.54, 1.807) is 34.6 Å². The Balaban J connectivity index is 2.10.